The maximum Gasteiger partial charge on any atom is 0.253 e. The van der Waals surface area contributed by atoms with Crippen molar-refractivity contribution in [3.05, 3.63) is 107 Å². The van der Waals surface area contributed by atoms with Crippen LogP contribution in [0.15, 0.2) is 84.9 Å². The molecule has 2 saturated heterocycles. The van der Waals surface area contributed by atoms with Gasteiger partial charge < -0.3 is 31.1 Å². The van der Waals surface area contributed by atoms with Crippen molar-refractivity contribution in [2.24, 2.45) is 11.8 Å². The largest absolute Gasteiger partial charge is 0.352 e. The number of hydrogen-bond donors (Lipinski definition) is 4. The van der Waals surface area contributed by atoms with E-state index in [4.69, 9.17) is 0 Å². The quantitative estimate of drug-likeness (QED) is 0.0801. The highest BCUT2D eigenvalue weighted by atomic mass is 16.2. The molecule has 7 atom stereocenters. The van der Waals surface area contributed by atoms with Crippen molar-refractivity contribution >= 4 is 35.4 Å². The zero-order chi connectivity index (χ0) is 44.1. The van der Waals surface area contributed by atoms with Crippen LogP contribution in [0.2, 0.25) is 0 Å². The molecule has 4 N–H and O–H groups in total. The standard InChI is InChI=1S/C51H66N6O6/c1-2-3-4-5-6-7-8-9-10-11-12-19-28-57-45(50(62)53-32-46(57)58)31-52-47(59)37-24-26-38(27-25-37)51(63)56-33-41(48(60)54-43-29-39(43)35-20-15-13-16-21-35)42(34-56)49(61)55-44-30-40(44)36-22-17-14-18-23-36/h13-18,20-27,39-45H,2-12,19,28-34H2,1H3,(H,52,59)(H,53,62)(H,54,60)(H,55,61)/t39-,40-,41-,42-,43+,44+,45+/m1/s1. The maximum atomic E-state index is 13.9. The predicted octanol–water partition coefficient (Wildman–Crippen LogP) is 6.48. The fourth-order valence-corrected chi connectivity index (χ4v) is 9.47. The summed E-state index contributed by atoms with van der Waals surface area (Å²) in [6.45, 7) is 2.82. The Labute approximate surface area is 372 Å². The molecule has 7 rings (SSSR count). The average molecular weight is 859 g/mol. The lowest BCUT2D eigenvalue weighted by Crippen LogP contribution is -2.61. The number of unbranched alkanes of at least 4 members (excludes halogenated alkanes) is 11. The van der Waals surface area contributed by atoms with Crippen LogP contribution in [0.5, 0.6) is 0 Å². The predicted molar refractivity (Wildman–Crippen MR) is 243 cm³/mol. The third-order valence-corrected chi connectivity index (χ3v) is 13.5. The third kappa shape index (κ3) is 12.4. The number of benzene rings is 3. The highest BCUT2D eigenvalue weighted by Crippen LogP contribution is 2.42. The van der Waals surface area contributed by atoms with Crippen molar-refractivity contribution in [2.75, 3.05) is 32.7 Å². The third-order valence-electron chi connectivity index (χ3n) is 13.5. The van der Waals surface area contributed by atoms with Crippen molar-refractivity contribution in [1.29, 1.82) is 0 Å². The molecule has 3 aromatic rings. The lowest BCUT2D eigenvalue weighted by Gasteiger charge is -2.35. The van der Waals surface area contributed by atoms with Gasteiger partial charge in [-0.25, -0.2) is 0 Å². The number of likely N-dealkylation sites (tertiary alicyclic amines) is 1. The Bertz CT molecular complexity index is 1950. The van der Waals surface area contributed by atoms with Gasteiger partial charge in [-0.2, -0.15) is 0 Å². The van der Waals surface area contributed by atoms with Crippen LogP contribution < -0.4 is 21.3 Å². The Morgan fingerprint density at radius 3 is 1.60 bits per heavy atom. The molecule has 2 heterocycles. The Hall–Kier alpha value is -5.52. The lowest BCUT2D eigenvalue weighted by atomic mass is 9.94. The Kier molecular flexibility index (Phi) is 16.0. The highest BCUT2D eigenvalue weighted by molar-refractivity contribution is 6.00. The van der Waals surface area contributed by atoms with Crippen molar-refractivity contribution in [2.45, 2.75) is 127 Å². The van der Waals surface area contributed by atoms with Crippen LogP contribution in [0.3, 0.4) is 0 Å². The normalized spacial score (nSPS) is 23.8. The van der Waals surface area contributed by atoms with Gasteiger partial charge in [0.2, 0.25) is 23.6 Å². The number of hydrogen-bond acceptors (Lipinski definition) is 6. The fourth-order valence-electron chi connectivity index (χ4n) is 9.47. The molecule has 2 saturated carbocycles. The van der Waals surface area contributed by atoms with Crippen LogP contribution in [-0.2, 0) is 19.2 Å². The Balaban J connectivity index is 0.899. The molecular weight excluding hydrogens is 793 g/mol. The summed E-state index contributed by atoms with van der Waals surface area (Å²) < 4.78 is 0. The minimum absolute atomic E-state index is 0.0202. The zero-order valence-corrected chi connectivity index (χ0v) is 36.9. The van der Waals surface area contributed by atoms with E-state index in [0.29, 0.717) is 17.7 Å². The van der Waals surface area contributed by atoms with E-state index in [-0.39, 0.29) is 79.6 Å². The average Bonchev–Trinajstić information content (AvgIpc) is 4.22. The molecular formula is C51H66N6O6. The van der Waals surface area contributed by atoms with E-state index in [0.717, 1.165) is 32.1 Å². The van der Waals surface area contributed by atoms with Crippen molar-refractivity contribution in [1.82, 2.24) is 31.1 Å². The second-order valence-electron chi connectivity index (χ2n) is 18.2. The molecule has 12 heteroatoms. The van der Waals surface area contributed by atoms with E-state index in [2.05, 4.69) is 52.5 Å². The lowest BCUT2D eigenvalue weighted by molar-refractivity contribution is -0.145. The molecule has 12 nitrogen and oxygen atoms in total. The Morgan fingerprint density at radius 1 is 0.619 bits per heavy atom. The molecule has 2 aliphatic heterocycles. The summed E-state index contributed by atoms with van der Waals surface area (Å²) in [4.78, 5) is 83.9. The van der Waals surface area contributed by atoms with Crippen LogP contribution in [-0.4, -0.2) is 96.1 Å². The van der Waals surface area contributed by atoms with Gasteiger partial charge in [0.1, 0.15) is 6.04 Å². The van der Waals surface area contributed by atoms with Gasteiger partial charge in [-0.15, -0.1) is 0 Å². The molecule has 0 unspecified atom stereocenters. The topological polar surface area (TPSA) is 157 Å². The minimum atomic E-state index is -0.803. The van der Waals surface area contributed by atoms with Gasteiger partial charge >= 0.3 is 0 Å². The molecule has 6 amide bonds. The second-order valence-corrected chi connectivity index (χ2v) is 18.2. The van der Waals surface area contributed by atoms with Crippen LogP contribution in [0.4, 0.5) is 0 Å². The first kappa shape index (κ1) is 45.5. The summed E-state index contributed by atoms with van der Waals surface area (Å²) in [6.07, 6.45) is 16.1. The van der Waals surface area contributed by atoms with E-state index in [1.807, 2.05) is 36.4 Å². The van der Waals surface area contributed by atoms with Gasteiger partial charge in [0.25, 0.3) is 11.8 Å². The van der Waals surface area contributed by atoms with Crippen LogP contribution in [0, 0.1) is 11.8 Å². The van der Waals surface area contributed by atoms with E-state index < -0.39 is 23.8 Å². The van der Waals surface area contributed by atoms with Crippen molar-refractivity contribution in [3.8, 4) is 0 Å². The number of amides is 6. The van der Waals surface area contributed by atoms with Crippen molar-refractivity contribution in [3.63, 3.8) is 0 Å². The van der Waals surface area contributed by atoms with Gasteiger partial charge in [-0.3, -0.25) is 28.8 Å². The molecule has 0 radical (unpaired) electrons. The maximum absolute atomic E-state index is 13.9. The number of nitrogens with zero attached hydrogens (tertiary/aromatic N) is 2. The first-order chi connectivity index (χ1) is 30.7. The fraction of sp³-hybridized carbons (Fsp3) is 0.529. The molecule has 0 spiro atoms. The van der Waals surface area contributed by atoms with Gasteiger partial charge in [0, 0.05) is 61.2 Å². The smallest absolute Gasteiger partial charge is 0.253 e. The summed E-state index contributed by atoms with van der Waals surface area (Å²) >= 11 is 0. The summed E-state index contributed by atoms with van der Waals surface area (Å²) in [7, 11) is 0. The highest BCUT2D eigenvalue weighted by Gasteiger charge is 2.49. The van der Waals surface area contributed by atoms with Crippen LogP contribution >= 0.6 is 0 Å². The van der Waals surface area contributed by atoms with E-state index in [1.165, 1.54) is 68.9 Å². The summed E-state index contributed by atoms with van der Waals surface area (Å²) in [5.74, 6) is -2.64. The number of rotatable bonds is 23. The Morgan fingerprint density at radius 2 is 1.10 bits per heavy atom. The molecule has 4 aliphatic rings. The minimum Gasteiger partial charge on any atom is -0.352 e. The number of carbonyl (C=O) groups is 6. The summed E-state index contributed by atoms with van der Waals surface area (Å²) in [5, 5.41) is 11.8. The molecule has 2 aliphatic carbocycles. The first-order valence-corrected chi connectivity index (χ1v) is 23.7. The number of nitrogens with one attached hydrogen (secondary N) is 4. The van der Waals surface area contributed by atoms with Crippen LogP contribution in [0.1, 0.15) is 140 Å². The molecule has 4 fully saturated rings. The summed E-state index contributed by atoms with van der Waals surface area (Å²) in [6, 6.07) is 25.5. The number of carbonyl (C=O) groups excluding carboxylic acids is 6. The van der Waals surface area contributed by atoms with Crippen molar-refractivity contribution < 1.29 is 28.8 Å². The van der Waals surface area contributed by atoms with Gasteiger partial charge in [-0.05, 0) is 54.7 Å². The SMILES string of the molecule is CCCCCCCCCCCCCCN1C(=O)CNC(=O)[C@@H]1CNC(=O)c1ccc(C(=O)N2C[C@@H](C(=O)N[C@H]3C[C@@H]3c3ccccc3)[C@H](C(=O)N[C@H]3C[C@@H]3c3ccccc3)C2)cc1. The number of piperazine rings is 1. The van der Waals surface area contributed by atoms with E-state index >= 15 is 0 Å². The van der Waals surface area contributed by atoms with Gasteiger partial charge in [-0.1, -0.05) is 138 Å². The van der Waals surface area contributed by atoms with Gasteiger partial charge in [0.05, 0.1) is 18.4 Å². The van der Waals surface area contributed by atoms with E-state index in [1.54, 1.807) is 34.1 Å². The summed E-state index contributed by atoms with van der Waals surface area (Å²) in [5.41, 5.74) is 2.96. The van der Waals surface area contributed by atoms with E-state index in [9.17, 15) is 28.8 Å². The van der Waals surface area contributed by atoms with Gasteiger partial charge in [0.15, 0.2) is 0 Å². The molecule has 0 aromatic heterocycles. The first-order valence-electron chi connectivity index (χ1n) is 23.7. The van der Waals surface area contributed by atoms with Crippen LogP contribution in [0.25, 0.3) is 0 Å². The molecule has 336 valence electrons. The zero-order valence-electron chi connectivity index (χ0n) is 36.9. The molecule has 63 heavy (non-hydrogen) atoms. The monoisotopic (exact) mass is 859 g/mol. The molecule has 3 aromatic carbocycles. The molecule has 0 bridgehead atoms. The second kappa shape index (κ2) is 22.2.